The minimum absolute atomic E-state index is 0.0156. The van der Waals surface area contributed by atoms with Crippen molar-refractivity contribution in [2.45, 2.75) is 50.4 Å². The number of carbonyl (C=O) groups is 2. The van der Waals surface area contributed by atoms with E-state index < -0.39 is 5.97 Å². The number of aliphatic carboxylic acids is 1. The third kappa shape index (κ3) is 4.52. The molecule has 4 aromatic rings. The second-order valence-electron chi connectivity index (χ2n) is 10.0. The Morgan fingerprint density at radius 2 is 1.81 bits per heavy atom. The summed E-state index contributed by atoms with van der Waals surface area (Å²) in [5.41, 5.74) is 10.2. The zero-order chi connectivity index (χ0) is 25.5. The van der Waals surface area contributed by atoms with E-state index in [1.165, 1.54) is 18.4 Å². The van der Waals surface area contributed by atoms with E-state index in [9.17, 15) is 14.7 Å². The van der Waals surface area contributed by atoms with Crippen LogP contribution in [0.4, 0.5) is 11.6 Å². The van der Waals surface area contributed by atoms with Gasteiger partial charge in [-0.25, -0.2) is 15.0 Å². The van der Waals surface area contributed by atoms with Crippen molar-refractivity contribution < 1.29 is 14.7 Å². The van der Waals surface area contributed by atoms with Crippen molar-refractivity contribution in [2.24, 2.45) is 5.92 Å². The van der Waals surface area contributed by atoms with Crippen LogP contribution in [0.2, 0.25) is 0 Å². The molecule has 0 aliphatic heterocycles. The van der Waals surface area contributed by atoms with Crippen LogP contribution in [-0.4, -0.2) is 36.3 Å². The molecule has 2 atom stereocenters. The molecule has 6 rings (SSSR count). The molecule has 4 N–H and O–H groups in total. The average molecular weight is 497 g/mol. The number of nitrogens with one attached hydrogen (secondary N) is 1. The van der Waals surface area contributed by atoms with Crippen LogP contribution < -0.4 is 11.1 Å². The predicted molar refractivity (Wildman–Crippen MR) is 139 cm³/mol. The van der Waals surface area contributed by atoms with Crippen LogP contribution in [0.15, 0.2) is 55.0 Å². The average Bonchev–Trinajstić information content (AvgIpc) is 3.69. The Morgan fingerprint density at radius 3 is 2.57 bits per heavy atom. The standard InChI is InChI=1S/C28H28N6O3/c29-25-24-23(33-26(34(24)13-12-31-25)20-2-1-3-21(14-20)28(36)37)17-6-8-18(9-7-17)27(35)32-22-15-19(10-11-30-22)16-4-5-16/h6-13,15-16,20-21H,1-5,14H2,(H2,29,31)(H,36,37)(H,30,32,35)/t20-,21+/m0/s1. The van der Waals surface area contributed by atoms with E-state index in [-0.39, 0.29) is 17.7 Å². The van der Waals surface area contributed by atoms with Gasteiger partial charge in [-0.15, -0.1) is 0 Å². The normalized spacial score (nSPS) is 19.6. The predicted octanol–water partition coefficient (Wildman–Crippen LogP) is 4.86. The molecule has 2 aliphatic rings. The van der Waals surface area contributed by atoms with Crippen molar-refractivity contribution in [2.75, 3.05) is 11.1 Å². The maximum Gasteiger partial charge on any atom is 0.306 e. The summed E-state index contributed by atoms with van der Waals surface area (Å²) in [6, 6.07) is 11.2. The number of amides is 1. The first-order chi connectivity index (χ1) is 18.0. The Morgan fingerprint density at radius 1 is 1.00 bits per heavy atom. The number of carboxylic acid groups (broad SMARTS) is 1. The zero-order valence-electron chi connectivity index (χ0n) is 20.3. The fraction of sp³-hybridized carbons (Fsp3) is 0.321. The maximum atomic E-state index is 12.9. The number of fused-ring (bicyclic) bond motifs is 1. The lowest BCUT2D eigenvalue weighted by Crippen LogP contribution is -2.22. The molecule has 0 bridgehead atoms. The number of anilines is 2. The number of benzene rings is 1. The smallest absolute Gasteiger partial charge is 0.306 e. The monoisotopic (exact) mass is 496 g/mol. The van der Waals surface area contributed by atoms with Crippen LogP contribution in [0.1, 0.15) is 72.1 Å². The molecule has 2 saturated carbocycles. The number of carbonyl (C=O) groups excluding carboxylic acids is 1. The first kappa shape index (κ1) is 23.1. The Balaban J connectivity index is 1.28. The van der Waals surface area contributed by atoms with Gasteiger partial charge in [-0.05, 0) is 67.9 Å². The number of hydrogen-bond acceptors (Lipinski definition) is 6. The van der Waals surface area contributed by atoms with Crippen molar-refractivity contribution >= 4 is 29.0 Å². The number of nitrogens with two attached hydrogens (primary N) is 1. The minimum Gasteiger partial charge on any atom is -0.481 e. The molecule has 9 nitrogen and oxygen atoms in total. The molecule has 0 saturated heterocycles. The highest BCUT2D eigenvalue weighted by Crippen LogP contribution is 2.41. The topological polar surface area (TPSA) is 136 Å². The Kier molecular flexibility index (Phi) is 5.82. The van der Waals surface area contributed by atoms with Crippen molar-refractivity contribution in [1.82, 2.24) is 19.4 Å². The molecular weight excluding hydrogens is 468 g/mol. The summed E-state index contributed by atoms with van der Waals surface area (Å²) < 4.78 is 1.94. The molecule has 1 amide bonds. The van der Waals surface area contributed by atoms with E-state index in [1.807, 2.05) is 34.9 Å². The summed E-state index contributed by atoms with van der Waals surface area (Å²) in [5, 5.41) is 12.4. The lowest BCUT2D eigenvalue weighted by molar-refractivity contribution is -0.143. The van der Waals surface area contributed by atoms with Gasteiger partial charge in [-0.3, -0.25) is 14.0 Å². The van der Waals surface area contributed by atoms with Crippen LogP contribution in [-0.2, 0) is 4.79 Å². The van der Waals surface area contributed by atoms with E-state index in [0.29, 0.717) is 47.2 Å². The van der Waals surface area contributed by atoms with Gasteiger partial charge in [-0.1, -0.05) is 18.6 Å². The first-order valence-corrected chi connectivity index (χ1v) is 12.7. The molecule has 2 fully saturated rings. The number of hydrogen-bond donors (Lipinski definition) is 3. The summed E-state index contributed by atoms with van der Waals surface area (Å²) in [5.74, 6) is 0.944. The SMILES string of the molecule is Nc1nccn2c([C@H]3CCC[C@@H](C(=O)O)C3)nc(-c3ccc(C(=O)Nc4cc(C5CC5)ccn4)cc3)c12. The van der Waals surface area contributed by atoms with Gasteiger partial charge < -0.3 is 16.2 Å². The second kappa shape index (κ2) is 9.31. The number of nitrogens with zero attached hydrogens (tertiary/aromatic N) is 4. The number of pyridine rings is 1. The van der Waals surface area contributed by atoms with Crippen LogP contribution in [0.25, 0.3) is 16.8 Å². The number of carboxylic acids is 1. The summed E-state index contributed by atoms with van der Waals surface area (Å²) >= 11 is 0. The van der Waals surface area contributed by atoms with Crippen LogP contribution in [0.5, 0.6) is 0 Å². The third-order valence-electron chi connectivity index (χ3n) is 7.49. The van der Waals surface area contributed by atoms with Gasteiger partial charge in [0.15, 0.2) is 0 Å². The van der Waals surface area contributed by atoms with Crippen molar-refractivity contribution in [3.05, 3.63) is 71.9 Å². The van der Waals surface area contributed by atoms with Crippen LogP contribution in [0, 0.1) is 5.92 Å². The Hall–Kier alpha value is -4.27. The Labute approximate surface area is 213 Å². The van der Waals surface area contributed by atoms with Gasteiger partial charge in [0.25, 0.3) is 5.91 Å². The third-order valence-corrected chi connectivity index (χ3v) is 7.49. The largest absolute Gasteiger partial charge is 0.481 e. The fourth-order valence-electron chi connectivity index (χ4n) is 5.38. The number of aromatic nitrogens is 4. The first-order valence-electron chi connectivity index (χ1n) is 12.7. The molecule has 3 heterocycles. The summed E-state index contributed by atoms with van der Waals surface area (Å²) in [6.07, 6.45) is 10.5. The van der Waals surface area contributed by atoms with Crippen molar-refractivity contribution in [1.29, 1.82) is 0 Å². The molecule has 2 aliphatic carbocycles. The highest BCUT2D eigenvalue weighted by Gasteiger charge is 2.31. The molecule has 37 heavy (non-hydrogen) atoms. The lowest BCUT2D eigenvalue weighted by atomic mass is 9.81. The fourth-order valence-corrected chi connectivity index (χ4v) is 5.38. The summed E-state index contributed by atoms with van der Waals surface area (Å²) in [4.78, 5) is 38.0. The van der Waals surface area contributed by atoms with E-state index in [4.69, 9.17) is 10.7 Å². The highest BCUT2D eigenvalue weighted by atomic mass is 16.4. The van der Waals surface area contributed by atoms with Gasteiger partial charge in [0, 0.05) is 35.6 Å². The molecule has 0 unspecified atom stereocenters. The van der Waals surface area contributed by atoms with E-state index in [0.717, 1.165) is 24.2 Å². The lowest BCUT2D eigenvalue weighted by Gasteiger charge is -2.25. The summed E-state index contributed by atoms with van der Waals surface area (Å²) in [7, 11) is 0. The quantitative estimate of drug-likeness (QED) is 0.347. The summed E-state index contributed by atoms with van der Waals surface area (Å²) in [6.45, 7) is 0. The van der Waals surface area contributed by atoms with E-state index in [2.05, 4.69) is 15.3 Å². The van der Waals surface area contributed by atoms with Crippen molar-refractivity contribution in [3.63, 3.8) is 0 Å². The molecule has 188 valence electrons. The van der Waals surface area contributed by atoms with Gasteiger partial charge in [0.05, 0.1) is 5.92 Å². The molecule has 3 aromatic heterocycles. The number of nitrogen functional groups attached to an aromatic ring is 1. The molecular formula is C28H28N6O3. The van der Waals surface area contributed by atoms with Gasteiger partial charge >= 0.3 is 5.97 Å². The number of rotatable bonds is 6. The highest BCUT2D eigenvalue weighted by molar-refractivity contribution is 6.04. The zero-order valence-corrected chi connectivity index (χ0v) is 20.3. The Bertz CT molecular complexity index is 1490. The van der Waals surface area contributed by atoms with Crippen LogP contribution >= 0.6 is 0 Å². The maximum absolute atomic E-state index is 12.9. The van der Waals surface area contributed by atoms with E-state index >= 15 is 0 Å². The minimum atomic E-state index is -0.754. The van der Waals surface area contributed by atoms with Gasteiger partial charge in [0.1, 0.15) is 28.7 Å². The van der Waals surface area contributed by atoms with Crippen LogP contribution in [0.3, 0.4) is 0 Å². The molecule has 1 aromatic carbocycles. The van der Waals surface area contributed by atoms with E-state index in [1.54, 1.807) is 24.5 Å². The van der Waals surface area contributed by atoms with Gasteiger partial charge in [-0.2, -0.15) is 0 Å². The molecule has 0 spiro atoms. The molecule has 9 heteroatoms. The van der Waals surface area contributed by atoms with Crippen molar-refractivity contribution in [3.8, 4) is 11.3 Å². The second-order valence-corrected chi connectivity index (χ2v) is 10.0. The van der Waals surface area contributed by atoms with Gasteiger partial charge in [0.2, 0.25) is 0 Å². The number of imidazole rings is 1. The molecule has 0 radical (unpaired) electrons.